The molecule has 2 N–H and O–H groups in total. The number of aryl methyl sites for hydroxylation is 1. The zero-order chi connectivity index (χ0) is 15.0. The molecular formula is C15H25NO4. The molecule has 5 nitrogen and oxygen atoms in total. The molecule has 1 rings (SSSR count). The summed E-state index contributed by atoms with van der Waals surface area (Å²) in [6, 6.07) is 1.73. The van der Waals surface area contributed by atoms with Gasteiger partial charge in [-0.2, -0.15) is 0 Å². The number of rotatable bonds is 10. The minimum atomic E-state index is -0.807. The van der Waals surface area contributed by atoms with Crippen molar-refractivity contribution in [2.24, 2.45) is 5.92 Å². The van der Waals surface area contributed by atoms with Crippen molar-refractivity contribution in [1.82, 2.24) is 5.16 Å². The maximum absolute atomic E-state index is 10.4. The lowest BCUT2D eigenvalue weighted by molar-refractivity contribution is -0.137. The van der Waals surface area contributed by atoms with E-state index in [-0.39, 0.29) is 6.42 Å². The van der Waals surface area contributed by atoms with Gasteiger partial charge in [0, 0.05) is 12.5 Å². The second kappa shape index (κ2) is 8.74. The van der Waals surface area contributed by atoms with Gasteiger partial charge in [0.25, 0.3) is 0 Å². The first-order valence-electron chi connectivity index (χ1n) is 7.34. The zero-order valence-electron chi connectivity index (χ0n) is 12.3. The van der Waals surface area contributed by atoms with Gasteiger partial charge in [-0.15, -0.1) is 0 Å². The van der Waals surface area contributed by atoms with Gasteiger partial charge in [-0.3, -0.25) is 4.79 Å². The Kier molecular flexibility index (Phi) is 7.30. The minimum absolute atomic E-state index is 0.125. The molecule has 1 atom stereocenters. The Hall–Kier alpha value is -1.36. The Morgan fingerprint density at radius 1 is 1.30 bits per heavy atom. The van der Waals surface area contributed by atoms with Gasteiger partial charge in [0.15, 0.2) is 5.76 Å². The van der Waals surface area contributed by atoms with Crippen molar-refractivity contribution in [2.75, 3.05) is 0 Å². The molecule has 0 amide bonds. The second-order valence-corrected chi connectivity index (χ2v) is 5.66. The summed E-state index contributed by atoms with van der Waals surface area (Å²) in [5.74, 6) is 0.372. The molecule has 0 radical (unpaired) electrons. The van der Waals surface area contributed by atoms with E-state index >= 15 is 0 Å². The maximum Gasteiger partial charge on any atom is 0.303 e. The molecule has 0 aliphatic rings. The highest BCUT2D eigenvalue weighted by molar-refractivity contribution is 5.66. The van der Waals surface area contributed by atoms with Crippen LogP contribution in [0.1, 0.15) is 69.9 Å². The van der Waals surface area contributed by atoms with Gasteiger partial charge in [-0.1, -0.05) is 38.3 Å². The van der Waals surface area contributed by atoms with Gasteiger partial charge < -0.3 is 14.7 Å². The van der Waals surface area contributed by atoms with Gasteiger partial charge in [-0.25, -0.2) is 0 Å². The van der Waals surface area contributed by atoms with Crippen molar-refractivity contribution >= 4 is 5.97 Å². The van der Waals surface area contributed by atoms with E-state index in [4.69, 9.17) is 9.63 Å². The van der Waals surface area contributed by atoms with Crippen molar-refractivity contribution in [3.63, 3.8) is 0 Å². The number of hydrogen-bond donors (Lipinski definition) is 2. The van der Waals surface area contributed by atoms with E-state index in [0.717, 1.165) is 12.8 Å². The molecule has 20 heavy (non-hydrogen) atoms. The van der Waals surface area contributed by atoms with Crippen LogP contribution in [0.15, 0.2) is 10.6 Å². The van der Waals surface area contributed by atoms with Crippen molar-refractivity contribution < 1.29 is 19.5 Å². The average molecular weight is 283 g/mol. The van der Waals surface area contributed by atoms with E-state index in [1.807, 2.05) is 0 Å². The summed E-state index contributed by atoms with van der Waals surface area (Å²) in [4.78, 5) is 10.4. The number of aliphatic hydroxyl groups is 1. The fourth-order valence-electron chi connectivity index (χ4n) is 2.06. The molecule has 0 aromatic carbocycles. The third kappa shape index (κ3) is 6.70. The van der Waals surface area contributed by atoms with Crippen LogP contribution in [0.5, 0.6) is 0 Å². The van der Waals surface area contributed by atoms with Crippen LogP contribution in [0.4, 0.5) is 0 Å². The third-order valence-corrected chi connectivity index (χ3v) is 3.24. The van der Waals surface area contributed by atoms with Crippen LogP contribution >= 0.6 is 0 Å². The molecule has 0 unspecified atom stereocenters. The summed E-state index contributed by atoms with van der Waals surface area (Å²) < 4.78 is 5.11. The molecule has 0 fully saturated rings. The van der Waals surface area contributed by atoms with E-state index < -0.39 is 12.1 Å². The fraction of sp³-hybridized carbons (Fsp3) is 0.733. The highest BCUT2D eigenvalue weighted by Crippen LogP contribution is 2.21. The monoisotopic (exact) mass is 283 g/mol. The van der Waals surface area contributed by atoms with Crippen LogP contribution in [0.25, 0.3) is 0 Å². The Morgan fingerprint density at radius 3 is 2.65 bits per heavy atom. The summed E-state index contributed by atoms with van der Waals surface area (Å²) in [5, 5.41) is 22.4. The van der Waals surface area contributed by atoms with Crippen molar-refractivity contribution in [2.45, 2.75) is 64.9 Å². The number of aromatic nitrogens is 1. The number of nitrogens with zero attached hydrogens (tertiary/aromatic N) is 1. The predicted molar refractivity (Wildman–Crippen MR) is 75.3 cm³/mol. The lowest BCUT2D eigenvalue weighted by Gasteiger charge is -2.07. The number of carboxylic acid groups (broad SMARTS) is 1. The van der Waals surface area contributed by atoms with Crippen molar-refractivity contribution in [1.29, 1.82) is 0 Å². The molecule has 1 heterocycles. The Bertz CT molecular complexity index is 400. The van der Waals surface area contributed by atoms with Gasteiger partial charge in [0.05, 0.1) is 5.69 Å². The van der Waals surface area contributed by atoms with Crippen molar-refractivity contribution in [3.8, 4) is 0 Å². The minimum Gasteiger partial charge on any atom is -0.481 e. The number of aliphatic carboxylic acids is 1. The second-order valence-electron chi connectivity index (χ2n) is 5.66. The van der Waals surface area contributed by atoms with Crippen LogP contribution in [0.3, 0.4) is 0 Å². The maximum atomic E-state index is 10.4. The highest BCUT2D eigenvalue weighted by Gasteiger charge is 2.14. The Morgan fingerprint density at radius 2 is 2.00 bits per heavy atom. The molecule has 5 heteroatoms. The number of carbonyl (C=O) groups is 1. The molecule has 1 aromatic rings. The van der Waals surface area contributed by atoms with E-state index in [9.17, 15) is 9.90 Å². The normalized spacial score (nSPS) is 12.8. The summed E-state index contributed by atoms with van der Waals surface area (Å²) in [5.41, 5.74) is 0.711. The van der Waals surface area contributed by atoms with Gasteiger partial charge >= 0.3 is 5.97 Å². The number of unbranched alkanes of at least 4 members (excludes halogenated alkanes) is 1. The van der Waals surface area contributed by atoms with Crippen LogP contribution < -0.4 is 0 Å². The molecule has 114 valence electrons. The average Bonchev–Trinajstić information content (AvgIpc) is 2.82. The molecular weight excluding hydrogens is 258 g/mol. The SMILES string of the molecule is CC(C)CCCC[C@H](O)c1cc(CCCC(=O)O)no1. The first kappa shape index (κ1) is 16.7. The first-order valence-corrected chi connectivity index (χ1v) is 7.34. The van der Waals surface area contributed by atoms with Gasteiger partial charge in [0.1, 0.15) is 6.10 Å². The molecule has 0 spiro atoms. The van der Waals surface area contributed by atoms with Gasteiger partial charge in [0.2, 0.25) is 0 Å². The molecule has 0 aliphatic carbocycles. The molecule has 0 saturated carbocycles. The molecule has 0 bridgehead atoms. The fourth-order valence-corrected chi connectivity index (χ4v) is 2.06. The quantitative estimate of drug-likeness (QED) is 0.643. The topological polar surface area (TPSA) is 83.6 Å². The highest BCUT2D eigenvalue weighted by atomic mass is 16.5. The van der Waals surface area contributed by atoms with Crippen LogP contribution in [0, 0.1) is 5.92 Å². The standard InChI is InChI=1S/C15H25NO4/c1-11(2)6-3-4-8-13(17)14-10-12(16-20-14)7-5-9-15(18)19/h10-11,13,17H,3-9H2,1-2H3,(H,18,19)/t13-/m0/s1. The summed E-state index contributed by atoms with van der Waals surface area (Å²) in [6.07, 6.45) is 4.53. The predicted octanol–water partition coefficient (Wildman–Crippen LogP) is 3.33. The first-order chi connectivity index (χ1) is 9.49. The van der Waals surface area contributed by atoms with E-state index in [2.05, 4.69) is 19.0 Å². The van der Waals surface area contributed by atoms with E-state index in [1.165, 1.54) is 6.42 Å². The van der Waals surface area contributed by atoms with Crippen molar-refractivity contribution in [3.05, 3.63) is 17.5 Å². The number of hydrogen-bond acceptors (Lipinski definition) is 4. The number of carboxylic acids is 1. The Balaban J connectivity index is 2.28. The lowest BCUT2D eigenvalue weighted by Crippen LogP contribution is -1.97. The van der Waals surface area contributed by atoms with Crippen LogP contribution in [0.2, 0.25) is 0 Å². The Labute approximate surface area is 120 Å². The largest absolute Gasteiger partial charge is 0.481 e. The van der Waals surface area contributed by atoms with E-state index in [0.29, 0.717) is 36.6 Å². The summed E-state index contributed by atoms with van der Waals surface area (Å²) in [7, 11) is 0. The van der Waals surface area contributed by atoms with Gasteiger partial charge in [-0.05, 0) is 25.2 Å². The zero-order valence-corrected chi connectivity index (χ0v) is 12.3. The lowest BCUT2D eigenvalue weighted by atomic mass is 10.0. The number of aliphatic hydroxyl groups excluding tert-OH is 1. The molecule has 0 aliphatic heterocycles. The molecule has 0 saturated heterocycles. The smallest absolute Gasteiger partial charge is 0.303 e. The third-order valence-electron chi connectivity index (χ3n) is 3.24. The van der Waals surface area contributed by atoms with E-state index in [1.54, 1.807) is 6.07 Å². The summed E-state index contributed by atoms with van der Waals surface area (Å²) >= 11 is 0. The van der Waals surface area contributed by atoms with Crippen LogP contribution in [-0.2, 0) is 11.2 Å². The van der Waals surface area contributed by atoms with Crippen LogP contribution in [-0.4, -0.2) is 21.3 Å². The molecule has 1 aromatic heterocycles. The summed E-state index contributed by atoms with van der Waals surface area (Å²) in [6.45, 7) is 4.38.